The molecule has 1 N–H and O–H groups in total. The Morgan fingerprint density at radius 3 is 2.65 bits per heavy atom. The molecule has 7 nitrogen and oxygen atoms in total. The highest BCUT2D eigenvalue weighted by molar-refractivity contribution is 7.14. The fraction of sp³-hybridized carbons (Fsp3) is 0.118. The van der Waals surface area contributed by atoms with Gasteiger partial charge in [0, 0.05) is 17.1 Å². The Morgan fingerprint density at radius 2 is 1.96 bits per heavy atom. The topological polar surface area (TPSA) is 94.1 Å². The molecule has 3 rings (SSSR count). The summed E-state index contributed by atoms with van der Waals surface area (Å²) < 4.78 is 17.8. The SMILES string of the molecule is Cc1cnc(C(=O)OCC(=O)Nc2nc(-c3ccc(F)cc3)cs2)cn1. The Labute approximate surface area is 151 Å². The van der Waals surface area contributed by atoms with Crippen LogP contribution in [0.15, 0.2) is 42.0 Å². The van der Waals surface area contributed by atoms with Crippen LogP contribution < -0.4 is 5.32 Å². The third-order valence-corrected chi connectivity index (χ3v) is 3.97. The number of rotatable bonds is 5. The highest BCUT2D eigenvalue weighted by Gasteiger charge is 2.13. The van der Waals surface area contributed by atoms with E-state index in [9.17, 15) is 14.0 Å². The molecule has 0 bridgehead atoms. The van der Waals surface area contributed by atoms with Gasteiger partial charge in [0.25, 0.3) is 5.91 Å². The van der Waals surface area contributed by atoms with Gasteiger partial charge < -0.3 is 4.74 Å². The normalized spacial score (nSPS) is 10.4. The number of ether oxygens (including phenoxy) is 1. The lowest BCUT2D eigenvalue weighted by Crippen LogP contribution is -2.21. The molecule has 0 unspecified atom stereocenters. The summed E-state index contributed by atoms with van der Waals surface area (Å²) in [6, 6.07) is 5.86. The van der Waals surface area contributed by atoms with Crippen molar-refractivity contribution in [2.75, 3.05) is 11.9 Å². The van der Waals surface area contributed by atoms with Gasteiger partial charge in [0.05, 0.1) is 17.6 Å². The zero-order valence-corrected chi connectivity index (χ0v) is 14.4. The van der Waals surface area contributed by atoms with Gasteiger partial charge in [-0.2, -0.15) is 0 Å². The van der Waals surface area contributed by atoms with Crippen LogP contribution in [-0.4, -0.2) is 33.4 Å². The number of carbonyl (C=O) groups excluding carboxylic acids is 2. The Balaban J connectivity index is 1.54. The van der Waals surface area contributed by atoms with Crippen molar-refractivity contribution in [3.05, 3.63) is 59.2 Å². The van der Waals surface area contributed by atoms with Crippen molar-refractivity contribution in [3.63, 3.8) is 0 Å². The minimum Gasteiger partial charge on any atom is -0.451 e. The molecule has 1 amide bonds. The van der Waals surface area contributed by atoms with Gasteiger partial charge in [-0.05, 0) is 31.2 Å². The van der Waals surface area contributed by atoms with E-state index in [4.69, 9.17) is 4.74 Å². The van der Waals surface area contributed by atoms with Gasteiger partial charge in [-0.15, -0.1) is 11.3 Å². The largest absolute Gasteiger partial charge is 0.451 e. The summed E-state index contributed by atoms with van der Waals surface area (Å²) in [5.74, 6) is -1.60. The van der Waals surface area contributed by atoms with Crippen molar-refractivity contribution >= 4 is 28.3 Å². The Kier molecular flexibility index (Phi) is 5.28. The van der Waals surface area contributed by atoms with Gasteiger partial charge in [0.1, 0.15) is 5.82 Å². The number of aromatic nitrogens is 3. The van der Waals surface area contributed by atoms with E-state index in [2.05, 4.69) is 20.3 Å². The molecule has 2 aromatic heterocycles. The molecule has 0 spiro atoms. The Hall–Kier alpha value is -3.20. The molecule has 1 aromatic carbocycles. The van der Waals surface area contributed by atoms with E-state index >= 15 is 0 Å². The average Bonchev–Trinajstić information content (AvgIpc) is 3.09. The third-order valence-electron chi connectivity index (χ3n) is 3.21. The molecule has 26 heavy (non-hydrogen) atoms. The second-order valence-corrected chi connectivity index (χ2v) is 6.07. The van der Waals surface area contributed by atoms with E-state index in [1.165, 1.54) is 35.9 Å². The summed E-state index contributed by atoms with van der Waals surface area (Å²) in [5, 5.41) is 4.62. The number of anilines is 1. The van der Waals surface area contributed by atoms with Crippen molar-refractivity contribution in [2.24, 2.45) is 0 Å². The first kappa shape index (κ1) is 17.6. The predicted octanol–water partition coefficient (Wildman–Crippen LogP) is 2.84. The molecule has 2 heterocycles. The second kappa shape index (κ2) is 7.79. The van der Waals surface area contributed by atoms with Crippen molar-refractivity contribution < 1.29 is 18.7 Å². The van der Waals surface area contributed by atoms with Gasteiger partial charge >= 0.3 is 5.97 Å². The standard InChI is InChI=1S/C17H13FN4O3S/c1-10-6-20-13(7-19-10)16(24)25-8-15(23)22-17-21-14(9-26-17)11-2-4-12(18)5-3-11/h2-7,9H,8H2,1H3,(H,21,22,23). The number of amides is 1. The summed E-state index contributed by atoms with van der Waals surface area (Å²) in [7, 11) is 0. The molecule has 0 saturated heterocycles. The fourth-order valence-corrected chi connectivity index (χ4v) is 2.68. The van der Waals surface area contributed by atoms with Crippen LogP contribution in [0.1, 0.15) is 16.2 Å². The van der Waals surface area contributed by atoms with Crippen molar-refractivity contribution in [1.29, 1.82) is 0 Å². The van der Waals surface area contributed by atoms with Crippen LogP contribution in [0.3, 0.4) is 0 Å². The maximum absolute atomic E-state index is 12.9. The van der Waals surface area contributed by atoms with Crippen molar-refractivity contribution in [2.45, 2.75) is 6.92 Å². The summed E-state index contributed by atoms with van der Waals surface area (Å²) >= 11 is 1.21. The number of halogens is 1. The van der Waals surface area contributed by atoms with E-state index in [0.29, 0.717) is 16.5 Å². The third kappa shape index (κ3) is 4.45. The number of hydrogen-bond acceptors (Lipinski definition) is 7. The van der Waals surface area contributed by atoms with Crippen LogP contribution >= 0.6 is 11.3 Å². The van der Waals surface area contributed by atoms with Gasteiger partial charge in [-0.1, -0.05) is 0 Å². The lowest BCUT2D eigenvalue weighted by molar-refractivity contribution is -0.119. The Bertz CT molecular complexity index is 926. The number of nitrogens with one attached hydrogen (secondary N) is 1. The van der Waals surface area contributed by atoms with Crippen LogP contribution in [0.25, 0.3) is 11.3 Å². The summed E-state index contributed by atoms with van der Waals surface area (Å²) in [6.07, 6.45) is 2.72. The lowest BCUT2D eigenvalue weighted by Gasteiger charge is -2.04. The second-order valence-electron chi connectivity index (χ2n) is 5.21. The van der Waals surface area contributed by atoms with Gasteiger partial charge in [0.15, 0.2) is 17.4 Å². The van der Waals surface area contributed by atoms with Crippen LogP contribution in [0.2, 0.25) is 0 Å². The first-order chi connectivity index (χ1) is 12.5. The average molecular weight is 372 g/mol. The molecule has 0 aliphatic heterocycles. The monoisotopic (exact) mass is 372 g/mol. The zero-order valence-electron chi connectivity index (χ0n) is 13.6. The summed E-state index contributed by atoms with van der Waals surface area (Å²) in [6.45, 7) is 1.27. The van der Waals surface area contributed by atoms with Crippen molar-refractivity contribution in [3.8, 4) is 11.3 Å². The van der Waals surface area contributed by atoms with E-state index in [-0.39, 0.29) is 11.5 Å². The molecular formula is C17H13FN4O3S. The molecule has 0 radical (unpaired) electrons. The number of aryl methyl sites for hydroxylation is 1. The van der Waals surface area contributed by atoms with E-state index < -0.39 is 18.5 Å². The number of nitrogens with zero attached hydrogens (tertiary/aromatic N) is 3. The zero-order chi connectivity index (χ0) is 18.5. The van der Waals surface area contributed by atoms with Gasteiger partial charge in [-0.3, -0.25) is 15.1 Å². The number of carbonyl (C=O) groups is 2. The van der Waals surface area contributed by atoms with Crippen molar-refractivity contribution in [1.82, 2.24) is 15.0 Å². The summed E-state index contributed by atoms with van der Waals surface area (Å²) in [4.78, 5) is 35.7. The lowest BCUT2D eigenvalue weighted by atomic mass is 10.2. The van der Waals surface area contributed by atoms with Crippen LogP contribution in [0.4, 0.5) is 9.52 Å². The van der Waals surface area contributed by atoms with E-state index in [1.807, 2.05) is 0 Å². The molecule has 9 heteroatoms. The smallest absolute Gasteiger partial charge is 0.359 e. The molecule has 0 aliphatic carbocycles. The van der Waals surface area contributed by atoms with Crippen LogP contribution in [0, 0.1) is 12.7 Å². The highest BCUT2D eigenvalue weighted by Crippen LogP contribution is 2.24. The minimum absolute atomic E-state index is 0.0243. The highest BCUT2D eigenvalue weighted by atomic mass is 32.1. The molecule has 132 valence electrons. The van der Waals surface area contributed by atoms with E-state index in [0.717, 1.165) is 5.56 Å². The fourth-order valence-electron chi connectivity index (χ4n) is 1.94. The number of hydrogen-bond donors (Lipinski definition) is 1. The molecule has 0 saturated carbocycles. The molecule has 0 atom stereocenters. The Morgan fingerprint density at radius 1 is 1.19 bits per heavy atom. The van der Waals surface area contributed by atoms with Gasteiger partial charge in [0.2, 0.25) is 0 Å². The number of benzene rings is 1. The maximum Gasteiger partial charge on any atom is 0.359 e. The predicted molar refractivity (Wildman–Crippen MR) is 93.2 cm³/mol. The number of thiazole rings is 1. The molecule has 3 aromatic rings. The first-order valence-electron chi connectivity index (χ1n) is 7.48. The van der Waals surface area contributed by atoms with E-state index in [1.54, 1.807) is 24.4 Å². The summed E-state index contributed by atoms with van der Waals surface area (Å²) in [5.41, 5.74) is 2.03. The van der Waals surface area contributed by atoms with Crippen LogP contribution in [0.5, 0.6) is 0 Å². The minimum atomic E-state index is -0.737. The van der Waals surface area contributed by atoms with Crippen LogP contribution in [-0.2, 0) is 9.53 Å². The first-order valence-corrected chi connectivity index (χ1v) is 8.36. The quantitative estimate of drug-likeness (QED) is 0.692. The molecular weight excluding hydrogens is 359 g/mol. The maximum atomic E-state index is 12.9. The number of esters is 1. The molecule has 0 fully saturated rings. The van der Waals surface area contributed by atoms with Gasteiger partial charge in [-0.25, -0.2) is 19.2 Å². The molecule has 0 aliphatic rings.